The number of nitrogens with zero attached hydrogens (tertiary/aromatic N) is 3. The van der Waals surface area contributed by atoms with Gasteiger partial charge < -0.3 is 20.5 Å². The van der Waals surface area contributed by atoms with E-state index in [1.165, 1.54) is 18.5 Å². The minimum absolute atomic E-state index is 0.0392. The lowest BCUT2D eigenvalue weighted by Crippen LogP contribution is -2.47. The number of anilines is 1. The van der Waals surface area contributed by atoms with E-state index in [-0.39, 0.29) is 66.6 Å². The summed E-state index contributed by atoms with van der Waals surface area (Å²) in [5.74, 6) is -2.62. The van der Waals surface area contributed by atoms with Gasteiger partial charge in [0.2, 0.25) is 0 Å². The third-order valence-electron chi connectivity index (χ3n) is 7.12. The number of amides is 1. The highest BCUT2D eigenvalue weighted by atomic mass is 35.5. The van der Waals surface area contributed by atoms with Crippen molar-refractivity contribution in [1.82, 2.24) is 20.1 Å². The van der Waals surface area contributed by atoms with Crippen LogP contribution >= 0.6 is 11.6 Å². The molecule has 1 aliphatic carbocycles. The number of sulfone groups is 1. The van der Waals surface area contributed by atoms with Gasteiger partial charge in [-0.25, -0.2) is 13.4 Å². The second kappa shape index (κ2) is 12.9. The van der Waals surface area contributed by atoms with Crippen LogP contribution in [0.4, 0.5) is 27.8 Å². The number of aliphatic hydroxyl groups is 1. The smallest absolute Gasteiger partial charge is 0.408 e. The topological polar surface area (TPSA) is 135 Å². The minimum Gasteiger partial charge on any atom is -0.434 e. The van der Waals surface area contributed by atoms with E-state index in [1.54, 1.807) is 6.92 Å². The fourth-order valence-electron chi connectivity index (χ4n) is 4.81. The number of alkyl halides is 5. The third-order valence-corrected chi connectivity index (χ3v) is 9.16. The molecule has 2 aromatic rings. The van der Waals surface area contributed by atoms with Gasteiger partial charge in [-0.2, -0.15) is 27.1 Å². The average molecular weight is 646 g/mol. The molecule has 0 spiro atoms. The molecule has 3 rings (SSSR count). The Bertz CT molecular complexity index is 1380. The first-order valence-corrected chi connectivity index (χ1v) is 15.4. The van der Waals surface area contributed by atoms with E-state index in [0.717, 1.165) is 18.5 Å². The molecule has 1 saturated carbocycles. The monoisotopic (exact) mass is 645 g/mol. The molecule has 1 amide bonds. The molecule has 3 N–H and O–H groups in total. The van der Waals surface area contributed by atoms with E-state index in [4.69, 9.17) is 11.6 Å². The van der Waals surface area contributed by atoms with E-state index in [2.05, 4.69) is 25.5 Å². The van der Waals surface area contributed by atoms with Gasteiger partial charge in [0, 0.05) is 31.6 Å². The summed E-state index contributed by atoms with van der Waals surface area (Å²) in [5, 5.41) is 18.9. The Labute approximate surface area is 244 Å². The quantitative estimate of drug-likeness (QED) is 0.300. The van der Waals surface area contributed by atoms with Crippen LogP contribution in [0.25, 0.3) is 11.3 Å². The summed E-state index contributed by atoms with van der Waals surface area (Å²) in [6.45, 7) is 0.843. The van der Waals surface area contributed by atoms with E-state index in [9.17, 15) is 40.3 Å². The summed E-state index contributed by atoms with van der Waals surface area (Å²) < 4.78 is 96.5. The Morgan fingerprint density at radius 2 is 1.90 bits per heavy atom. The number of halogens is 6. The highest BCUT2D eigenvalue weighted by molar-refractivity contribution is 7.91. The van der Waals surface area contributed by atoms with Gasteiger partial charge in [0.25, 0.3) is 5.91 Å². The minimum atomic E-state index is -4.65. The second-order valence-electron chi connectivity index (χ2n) is 10.6. The maximum atomic E-state index is 13.5. The van der Waals surface area contributed by atoms with Gasteiger partial charge in [-0.15, -0.1) is 0 Å². The zero-order chi connectivity index (χ0) is 31.6. The van der Waals surface area contributed by atoms with Gasteiger partial charge in [-0.1, -0.05) is 25.4 Å². The Hall–Kier alpha value is -2.72. The molecule has 2 heterocycles. The normalized spacial score (nSPS) is 20.5. The molecule has 1 atom stereocenters. The Morgan fingerprint density at radius 3 is 2.40 bits per heavy atom. The van der Waals surface area contributed by atoms with Crippen LogP contribution in [0.2, 0.25) is 5.02 Å². The lowest BCUT2D eigenvalue weighted by molar-refractivity contribution is -0.150. The number of aromatic nitrogens is 3. The van der Waals surface area contributed by atoms with Crippen molar-refractivity contribution in [2.24, 2.45) is 5.92 Å². The van der Waals surface area contributed by atoms with Crippen molar-refractivity contribution in [3.8, 4) is 17.0 Å². The lowest BCUT2D eigenvalue weighted by Gasteiger charge is -2.35. The summed E-state index contributed by atoms with van der Waals surface area (Å²) in [7, 11) is -3.26. The largest absolute Gasteiger partial charge is 0.434 e. The van der Waals surface area contributed by atoms with Crippen LogP contribution < -0.4 is 15.4 Å². The van der Waals surface area contributed by atoms with Gasteiger partial charge in [0.1, 0.15) is 27.4 Å². The number of rotatable bonds is 11. The molecule has 0 bridgehead atoms. The van der Waals surface area contributed by atoms with E-state index in [0.29, 0.717) is 0 Å². The lowest BCUT2D eigenvalue weighted by atomic mass is 9.84. The number of carbonyl (C=O) groups is 1. The molecule has 2 aromatic heterocycles. The van der Waals surface area contributed by atoms with E-state index < -0.39 is 57.1 Å². The van der Waals surface area contributed by atoms with Gasteiger partial charge >= 0.3 is 12.8 Å². The zero-order valence-electron chi connectivity index (χ0n) is 23.3. The van der Waals surface area contributed by atoms with Crippen molar-refractivity contribution in [2.45, 2.75) is 82.7 Å². The number of nitrogens with one attached hydrogen (secondary N) is 2. The van der Waals surface area contributed by atoms with Gasteiger partial charge in [-0.3, -0.25) is 9.48 Å². The number of hydrogen-bond acceptors (Lipinski definition) is 8. The van der Waals surface area contributed by atoms with Crippen molar-refractivity contribution < 1.29 is 45.0 Å². The molecule has 1 aliphatic rings. The SMILES string of the molecule is CCn1nc(C(=O)NC[C@]2(O)CC[C@@H](S(C)(=O)=O)CC2)c(Cl)c1-c1cnc(N[C@H](C(C)C)C(F)(F)F)cc1OC(F)F. The van der Waals surface area contributed by atoms with Crippen LogP contribution in [-0.2, 0) is 16.4 Å². The molecule has 0 radical (unpaired) electrons. The molecular formula is C25H33ClF5N5O5S. The maximum absolute atomic E-state index is 13.5. The Kier molecular flexibility index (Phi) is 10.4. The average Bonchev–Trinajstić information content (AvgIpc) is 3.20. The highest BCUT2D eigenvalue weighted by Gasteiger charge is 2.42. The molecular weight excluding hydrogens is 613 g/mol. The van der Waals surface area contributed by atoms with E-state index in [1.807, 2.05) is 0 Å². The van der Waals surface area contributed by atoms with Crippen LogP contribution in [-0.4, -0.2) is 76.7 Å². The molecule has 0 aliphatic heterocycles. The first-order chi connectivity index (χ1) is 19.4. The first kappa shape index (κ1) is 33.8. The summed E-state index contributed by atoms with van der Waals surface area (Å²) in [6.07, 6.45) is -1.79. The molecule has 10 nitrogen and oxygen atoms in total. The number of hydrogen-bond donors (Lipinski definition) is 3. The van der Waals surface area contributed by atoms with Crippen molar-refractivity contribution in [3.05, 3.63) is 23.0 Å². The van der Waals surface area contributed by atoms with Crippen LogP contribution in [0.15, 0.2) is 12.3 Å². The first-order valence-electron chi connectivity index (χ1n) is 13.1. The molecule has 0 unspecified atom stereocenters. The molecule has 42 heavy (non-hydrogen) atoms. The van der Waals surface area contributed by atoms with Crippen LogP contribution in [0, 0.1) is 5.92 Å². The summed E-state index contributed by atoms with van der Waals surface area (Å²) in [4.78, 5) is 17.0. The van der Waals surface area contributed by atoms with Crippen molar-refractivity contribution >= 4 is 33.2 Å². The number of ether oxygens (including phenoxy) is 1. The third kappa shape index (κ3) is 8.01. The number of aryl methyl sites for hydroxylation is 1. The highest BCUT2D eigenvalue weighted by Crippen LogP contribution is 2.39. The predicted octanol–water partition coefficient (Wildman–Crippen LogP) is 4.67. The number of pyridine rings is 1. The van der Waals surface area contributed by atoms with Crippen LogP contribution in [0.5, 0.6) is 5.75 Å². The summed E-state index contributed by atoms with van der Waals surface area (Å²) >= 11 is 6.49. The molecule has 17 heteroatoms. The van der Waals surface area contributed by atoms with Gasteiger partial charge in [-0.05, 0) is 38.5 Å². The number of carbonyl (C=O) groups excluding carboxylic acids is 1. The van der Waals surface area contributed by atoms with Gasteiger partial charge in [0.05, 0.1) is 27.1 Å². The van der Waals surface area contributed by atoms with Crippen molar-refractivity contribution in [1.29, 1.82) is 0 Å². The fourth-order valence-corrected chi connectivity index (χ4v) is 6.22. The Morgan fingerprint density at radius 1 is 1.29 bits per heavy atom. The zero-order valence-corrected chi connectivity index (χ0v) is 24.9. The molecule has 0 saturated heterocycles. The van der Waals surface area contributed by atoms with Crippen LogP contribution in [0.1, 0.15) is 56.9 Å². The standard InChI is InChI=1S/C25H33ClF5N5O5S/c1-5-36-20(15-11-32-17(10-16(15)41-23(27)28)34-21(13(2)3)25(29,30)31)18(26)19(35-36)22(37)33-12-24(38)8-6-14(7-9-24)42(4,39)40/h10-11,13-14,21,23,38H,5-9,12H2,1-4H3,(H,32,34)(H,33,37)/t14-,21-,24+/m1/s1. The predicted molar refractivity (Wildman–Crippen MR) is 145 cm³/mol. The van der Waals surface area contributed by atoms with Crippen LogP contribution in [0.3, 0.4) is 0 Å². The molecule has 0 aromatic carbocycles. The Balaban J connectivity index is 1.89. The molecule has 1 fully saturated rings. The summed E-state index contributed by atoms with van der Waals surface area (Å²) in [6, 6.07) is -1.14. The molecule has 236 valence electrons. The maximum Gasteiger partial charge on any atom is 0.408 e. The van der Waals surface area contributed by atoms with Crippen molar-refractivity contribution in [3.63, 3.8) is 0 Å². The summed E-state index contributed by atoms with van der Waals surface area (Å²) in [5.41, 5.74) is -1.84. The second-order valence-corrected chi connectivity index (χ2v) is 13.3. The van der Waals surface area contributed by atoms with Crippen molar-refractivity contribution in [2.75, 3.05) is 18.1 Å². The fraction of sp³-hybridized carbons (Fsp3) is 0.640. The van der Waals surface area contributed by atoms with Gasteiger partial charge in [0.15, 0.2) is 5.69 Å². The van der Waals surface area contributed by atoms with E-state index >= 15 is 0 Å².